The molecule has 2 fully saturated rings. The highest BCUT2D eigenvalue weighted by molar-refractivity contribution is 7.89. The topological polar surface area (TPSA) is 125 Å². The molecule has 1 saturated carbocycles. The quantitative estimate of drug-likeness (QED) is 0.543. The Morgan fingerprint density at radius 2 is 2.03 bits per heavy atom. The molecule has 3 rings (SSSR count). The molecule has 1 aromatic carbocycles. The van der Waals surface area contributed by atoms with Crippen LogP contribution in [0.1, 0.15) is 52.0 Å². The molecule has 2 unspecified atom stereocenters. The van der Waals surface area contributed by atoms with Gasteiger partial charge in [0.05, 0.1) is 4.90 Å². The Labute approximate surface area is 183 Å². The Hall–Kier alpha value is -2.46. The maximum atomic E-state index is 12.9. The van der Waals surface area contributed by atoms with Gasteiger partial charge in [0, 0.05) is 12.6 Å². The van der Waals surface area contributed by atoms with Crippen molar-refractivity contribution in [3.05, 3.63) is 29.8 Å². The van der Waals surface area contributed by atoms with E-state index in [1.54, 1.807) is 26.0 Å². The third kappa shape index (κ3) is 4.90. The van der Waals surface area contributed by atoms with Crippen LogP contribution in [0.15, 0.2) is 29.2 Å². The van der Waals surface area contributed by atoms with Crippen molar-refractivity contribution in [2.24, 2.45) is 5.92 Å². The molecular weight excluding hydrogens is 420 g/mol. The van der Waals surface area contributed by atoms with Crippen LogP contribution in [-0.4, -0.2) is 49.3 Å². The number of carbonyl (C=O) groups is 3. The third-order valence-electron chi connectivity index (χ3n) is 5.89. The first-order valence-electron chi connectivity index (χ1n) is 10.6. The van der Waals surface area contributed by atoms with Crippen molar-refractivity contribution in [2.45, 2.75) is 69.5 Å². The van der Waals surface area contributed by atoms with E-state index in [1.165, 1.54) is 12.1 Å². The zero-order valence-electron chi connectivity index (χ0n) is 18.1. The smallest absolute Gasteiger partial charge is 0.325 e. The SMILES string of the molecule is CC(C)NS(=O)(=O)c1cccc(CNC(=O)CN2C(=O)NC3(CCCCC3C)C2=O)c1. The Balaban J connectivity index is 1.61. The molecule has 1 aliphatic heterocycles. The van der Waals surface area contributed by atoms with Crippen LogP contribution in [0.2, 0.25) is 0 Å². The van der Waals surface area contributed by atoms with Gasteiger partial charge in [-0.05, 0) is 50.3 Å². The highest BCUT2D eigenvalue weighted by Gasteiger charge is 2.55. The first-order valence-corrected chi connectivity index (χ1v) is 12.1. The monoisotopic (exact) mass is 450 g/mol. The minimum absolute atomic E-state index is 0.0231. The van der Waals surface area contributed by atoms with Crippen LogP contribution in [0.3, 0.4) is 0 Å². The fourth-order valence-corrected chi connectivity index (χ4v) is 5.56. The van der Waals surface area contributed by atoms with Gasteiger partial charge < -0.3 is 10.6 Å². The molecule has 31 heavy (non-hydrogen) atoms. The lowest BCUT2D eigenvalue weighted by molar-refractivity contribution is -0.137. The van der Waals surface area contributed by atoms with Gasteiger partial charge >= 0.3 is 6.03 Å². The fourth-order valence-electron chi connectivity index (χ4n) is 4.24. The number of hydrogen-bond donors (Lipinski definition) is 3. The summed E-state index contributed by atoms with van der Waals surface area (Å²) in [5, 5.41) is 5.48. The molecule has 2 aliphatic rings. The highest BCUT2D eigenvalue weighted by atomic mass is 32.2. The second-order valence-corrected chi connectivity index (χ2v) is 10.4. The second kappa shape index (κ2) is 8.96. The summed E-state index contributed by atoms with van der Waals surface area (Å²) in [6.45, 7) is 5.13. The number of imide groups is 1. The molecule has 170 valence electrons. The molecule has 1 heterocycles. The molecule has 1 aromatic rings. The number of hydrogen-bond acceptors (Lipinski definition) is 5. The van der Waals surface area contributed by atoms with Crippen LogP contribution in [0.25, 0.3) is 0 Å². The van der Waals surface area contributed by atoms with Crippen LogP contribution in [0.5, 0.6) is 0 Å². The number of benzene rings is 1. The minimum atomic E-state index is -3.64. The van der Waals surface area contributed by atoms with Gasteiger partial charge in [0.2, 0.25) is 15.9 Å². The molecule has 0 radical (unpaired) electrons. The second-order valence-electron chi connectivity index (χ2n) is 8.64. The van der Waals surface area contributed by atoms with Crippen molar-refractivity contribution in [3.8, 4) is 0 Å². The summed E-state index contributed by atoms with van der Waals surface area (Å²) in [6, 6.07) is 5.48. The molecule has 9 nitrogen and oxygen atoms in total. The van der Waals surface area contributed by atoms with E-state index in [0.717, 1.165) is 24.2 Å². The third-order valence-corrected chi connectivity index (χ3v) is 7.55. The van der Waals surface area contributed by atoms with E-state index in [4.69, 9.17) is 0 Å². The summed E-state index contributed by atoms with van der Waals surface area (Å²) in [5.41, 5.74) is -0.309. The molecule has 0 aromatic heterocycles. The van der Waals surface area contributed by atoms with Crippen LogP contribution >= 0.6 is 0 Å². The van der Waals surface area contributed by atoms with Gasteiger partial charge in [0.25, 0.3) is 5.91 Å². The normalized spacial score (nSPS) is 24.0. The van der Waals surface area contributed by atoms with Gasteiger partial charge in [-0.3, -0.25) is 14.5 Å². The van der Waals surface area contributed by atoms with Crippen LogP contribution < -0.4 is 15.4 Å². The molecular formula is C21H30N4O5S. The molecule has 0 bridgehead atoms. The van der Waals surface area contributed by atoms with E-state index in [2.05, 4.69) is 15.4 Å². The number of amides is 4. The number of urea groups is 1. The number of rotatable bonds is 7. The number of carbonyl (C=O) groups excluding carboxylic acids is 3. The van der Waals surface area contributed by atoms with Crippen molar-refractivity contribution in [2.75, 3.05) is 6.54 Å². The molecule has 1 aliphatic carbocycles. The van der Waals surface area contributed by atoms with Crippen molar-refractivity contribution < 1.29 is 22.8 Å². The Morgan fingerprint density at radius 1 is 1.29 bits per heavy atom. The predicted octanol–water partition coefficient (Wildman–Crippen LogP) is 1.49. The molecule has 1 spiro atoms. The standard InChI is InChI=1S/C21H30N4O5S/c1-14(2)24-31(29,30)17-9-6-8-16(11-17)12-22-18(26)13-25-19(27)21(23-20(25)28)10-5-4-7-15(21)3/h6,8-9,11,14-15,24H,4-5,7,10,12-13H2,1-3H3,(H,22,26)(H,23,28). The van der Waals surface area contributed by atoms with E-state index in [9.17, 15) is 22.8 Å². The lowest BCUT2D eigenvalue weighted by Gasteiger charge is -2.36. The zero-order chi connectivity index (χ0) is 22.8. The van der Waals surface area contributed by atoms with Crippen LogP contribution in [0.4, 0.5) is 4.79 Å². The van der Waals surface area contributed by atoms with Crippen LogP contribution in [-0.2, 0) is 26.2 Å². The van der Waals surface area contributed by atoms with E-state index < -0.39 is 27.5 Å². The largest absolute Gasteiger partial charge is 0.350 e. The Bertz CT molecular complexity index is 978. The summed E-state index contributed by atoms with van der Waals surface area (Å²) in [4.78, 5) is 38.9. The molecule has 4 amide bonds. The summed E-state index contributed by atoms with van der Waals surface area (Å²) < 4.78 is 27.2. The number of nitrogens with zero attached hydrogens (tertiary/aromatic N) is 1. The van der Waals surface area contributed by atoms with Crippen molar-refractivity contribution in [1.82, 2.24) is 20.3 Å². The fraction of sp³-hybridized carbons (Fsp3) is 0.571. The molecule has 3 N–H and O–H groups in total. The van der Waals surface area contributed by atoms with Gasteiger partial charge in [-0.25, -0.2) is 17.9 Å². The predicted molar refractivity (Wildman–Crippen MR) is 114 cm³/mol. The van der Waals surface area contributed by atoms with Crippen LogP contribution in [0, 0.1) is 5.92 Å². The van der Waals surface area contributed by atoms with Gasteiger partial charge in [0.15, 0.2) is 0 Å². The van der Waals surface area contributed by atoms with Gasteiger partial charge in [0.1, 0.15) is 12.1 Å². The maximum absolute atomic E-state index is 12.9. The average molecular weight is 451 g/mol. The van der Waals surface area contributed by atoms with Gasteiger partial charge in [-0.1, -0.05) is 31.9 Å². The summed E-state index contributed by atoms with van der Waals surface area (Å²) >= 11 is 0. The average Bonchev–Trinajstić information content (AvgIpc) is 2.93. The van der Waals surface area contributed by atoms with E-state index >= 15 is 0 Å². The lowest BCUT2D eigenvalue weighted by atomic mass is 9.73. The summed E-state index contributed by atoms with van der Waals surface area (Å²) in [7, 11) is -3.64. The van der Waals surface area contributed by atoms with E-state index in [-0.39, 0.29) is 35.9 Å². The van der Waals surface area contributed by atoms with Crippen molar-refractivity contribution in [1.29, 1.82) is 0 Å². The minimum Gasteiger partial charge on any atom is -0.350 e. The molecule has 1 saturated heterocycles. The first kappa shape index (κ1) is 23.2. The number of nitrogens with one attached hydrogen (secondary N) is 3. The summed E-state index contributed by atoms with van der Waals surface area (Å²) in [6.07, 6.45) is 3.33. The Morgan fingerprint density at radius 3 is 2.71 bits per heavy atom. The van der Waals surface area contributed by atoms with Crippen molar-refractivity contribution in [3.63, 3.8) is 0 Å². The van der Waals surface area contributed by atoms with E-state index in [1.807, 2.05) is 6.92 Å². The molecule has 2 atom stereocenters. The highest BCUT2D eigenvalue weighted by Crippen LogP contribution is 2.38. The van der Waals surface area contributed by atoms with Crippen molar-refractivity contribution >= 4 is 27.9 Å². The Kier molecular flexibility index (Phi) is 6.70. The number of sulfonamides is 1. The van der Waals surface area contributed by atoms with E-state index in [0.29, 0.717) is 12.0 Å². The molecule has 10 heteroatoms. The zero-order valence-corrected chi connectivity index (χ0v) is 18.9. The van der Waals surface area contributed by atoms with Gasteiger partial charge in [-0.2, -0.15) is 0 Å². The maximum Gasteiger partial charge on any atom is 0.325 e. The van der Waals surface area contributed by atoms with Gasteiger partial charge in [-0.15, -0.1) is 0 Å². The lowest BCUT2D eigenvalue weighted by Crippen LogP contribution is -2.54. The summed E-state index contributed by atoms with van der Waals surface area (Å²) in [5.74, 6) is -0.805. The first-order chi connectivity index (χ1) is 14.5.